The monoisotopic (exact) mass is 308 g/mol. The lowest BCUT2D eigenvalue weighted by Gasteiger charge is -2.06. The Kier molecular flexibility index (Phi) is 4.39. The normalized spacial score (nSPS) is 10.5. The van der Waals surface area contributed by atoms with Gasteiger partial charge in [0.15, 0.2) is 5.69 Å². The van der Waals surface area contributed by atoms with Gasteiger partial charge in [0.05, 0.1) is 5.69 Å². The molecule has 1 heterocycles. The molecule has 0 bridgehead atoms. The minimum atomic E-state index is 0.918. The van der Waals surface area contributed by atoms with Crippen molar-refractivity contribution in [2.45, 2.75) is 12.1 Å². The molecule has 0 saturated heterocycles. The lowest BCUT2D eigenvalue weighted by atomic mass is 10.1. The summed E-state index contributed by atoms with van der Waals surface area (Å²) in [6, 6.07) is 20.6. The second-order valence-corrected chi connectivity index (χ2v) is 5.79. The minimum absolute atomic E-state index is 0.918. The molecule has 0 spiro atoms. The number of para-hydroxylation sites is 1. The van der Waals surface area contributed by atoms with Gasteiger partial charge in [-0.1, -0.05) is 48.0 Å². The van der Waals surface area contributed by atoms with E-state index in [9.17, 15) is 0 Å². The number of hydrogen-bond acceptors (Lipinski definition) is 3. The highest BCUT2D eigenvalue weighted by molar-refractivity contribution is 7.98. The molecule has 0 saturated carbocycles. The first-order valence-electron chi connectivity index (χ1n) is 7.12. The zero-order valence-electron chi connectivity index (χ0n) is 12.7. The zero-order chi connectivity index (χ0) is 15.4. The van der Waals surface area contributed by atoms with Crippen LogP contribution >= 0.6 is 11.8 Å². The third-order valence-electron chi connectivity index (χ3n) is 3.36. The Morgan fingerprint density at radius 3 is 2.36 bits per heavy atom. The molecule has 22 heavy (non-hydrogen) atoms. The summed E-state index contributed by atoms with van der Waals surface area (Å²) >= 11 is 1.62. The van der Waals surface area contributed by atoms with E-state index in [1.54, 1.807) is 11.8 Å². The number of nitrogens with zero attached hydrogens (tertiary/aromatic N) is 2. The molecule has 3 rings (SSSR count). The summed E-state index contributed by atoms with van der Waals surface area (Å²) in [5, 5.41) is 0.918. The van der Waals surface area contributed by atoms with Crippen molar-refractivity contribution in [2.24, 2.45) is 0 Å². The van der Waals surface area contributed by atoms with E-state index in [2.05, 4.69) is 36.6 Å². The first kappa shape index (κ1) is 14.6. The highest BCUT2D eigenvalue weighted by Gasteiger charge is 2.15. The molecular weight excluding hydrogens is 290 g/mol. The van der Waals surface area contributed by atoms with Crippen LogP contribution in [-0.2, 0) is 0 Å². The van der Waals surface area contributed by atoms with Gasteiger partial charge in [0, 0.05) is 11.6 Å². The Hall–Kier alpha value is -2.33. The van der Waals surface area contributed by atoms with Gasteiger partial charge in [-0.3, -0.25) is 0 Å². The van der Waals surface area contributed by atoms with E-state index < -0.39 is 0 Å². The SMILES string of the molecule is CSc1nc(-c2ccc(C)cc2)cc[n+]1Nc1ccccc1. The summed E-state index contributed by atoms with van der Waals surface area (Å²) in [6.07, 6.45) is 4.05. The van der Waals surface area contributed by atoms with Gasteiger partial charge in [0.2, 0.25) is 0 Å². The Morgan fingerprint density at radius 2 is 1.68 bits per heavy atom. The van der Waals surface area contributed by atoms with Crippen LogP contribution in [0.4, 0.5) is 5.69 Å². The van der Waals surface area contributed by atoms with Crippen LogP contribution in [0.1, 0.15) is 5.56 Å². The number of aryl methyl sites for hydroxylation is 1. The van der Waals surface area contributed by atoms with Gasteiger partial charge in [0.1, 0.15) is 6.20 Å². The summed E-state index contributed by atoms with van der Waals surface area (Å²) in [5.41, 5.74) is 7.75. The topological polar surface area (TPSA) is 28.8 Å². The van der Waals surface area contributed by atoms with Crippen molar-refractivity contribution in [3.05, 3.63) is 72.4 Å². The van der Waals surface area contributed by atoms with Crippen molar-refractivity contribution in [3.63, 3.8) is 0 Å². The van der Waals surface area contributed by atoms with E-state index in [4.69, 9.17) is 4.98 Å². The third-order valence-corrected chi connectivity index (χ3v) is 4.01. The van der Waals surface area contributed by atoms with Crippen LogP contribution in [0.15, 0.2) is 72.0 Å². The fourth-order valence-electron chi connectivity index (χ4n) is 2.17. The quantitative estimate of drug-likeness (QED) is 0.449. The maximum absolute atomic E-state index is 4.75. The average molecular weight is 308 g/mol. The van der Waals surface area contributed by atoms with Gasteiger partial charge in [-0.15, -0.1) is 4.68 Å². The average Bonchev–Trinajstić information content (AvgIpc) is 2.57. The molecule has 110 valence electrons. The number of anilines is 1. The highest BCUT2D eigenvalue weighted by atomic mass is 32.2. The first-order valence-corrected chi connectivity index (χ1v) is 8.34. The molecule has 1 N–H and O–H groups in total. The standard InChI is InChI=1S/C18H18N3S/c1-14-8-10-15(11-9-14)17-12-13-21(18(19-17)22-2)20-16-6-4-3-5-7-16/h3-13,20H,1-2H3/q+1. The van der Waals surface area contributed by atoms with E-state index in [0.29, 0.717) is 0 Å². The molecule has 0 aliphatic heterocycles. The van der Waals surface area contributed by atoms with Crippen LogP contribution in [0.3, 0.4) is 0 Å². The highest BCUT2D eigenvalue weighted by Crippen LogP contribution is 2.19. The molecule has 4 heteroatoms. The van der Waals surface area contributed by atoms with E-state index in [1.165, 1.54) is 5.56 Å². The van der Waals surface area contributed by atoms with Crippen molar-refractivity contribution < 1.29 is 4.68 Å². The van der Waals surface area contributed by atoms with E-state index >= 15 is 0 Å². The fraction of sp³-hybridized carbons (Fsp3) is 0.111. The third kappa shape index (κ3) is 3.28. The van der Waals surface area contributed by atoms with Gasteiger partial charge in [-0.05, 0) is 42.1 Å². The number of aromatic nitrogens is 2. The lowest BCUT2D eigenvalue weighted by molar-refractivity contribution is -0.685. The maximum atomic E-state index is 4.75. The van der Waals surface area contributed by atoms with E-state index in [1.807, 2.05) is 53.5 Å². The Balaban J connectivity index is 1.92. The van der Waals surface area contributed by atoms with Crippen molar-refractivity contribution in [1.29, 1.82) is 0 Å². The van der Waals surface area contributed by atoms with Crippen molar-refractivity contribution in [1.82, 2.24) is 4.98 Å². The summed E-state index contributed by atoms with van der Waals surface area (Å²) < 4.78 is 1.94. The van der Waals surface area contributed by atoms with Gasteiger partial charge in [-0.2, -0.15) is 0 Å². The van der Waals surface area contributed by atoms with Gasteiger partial charge in [0.25, 0.3) is 0 Å². The maximum Gasteiger partial charge on any atom is 0.383 e. The molecule has 0 unspecified atom stereocenters. The van der Waals surface area contributed by atoms with Crippen molar-refractivity contribution in [2.75, 3.05) is 11.7 Å². The van der Waals surface area contributed by atoms with Crippen molar-refractivity contribution in [3.8, 4) is 11.3 Å². The molecule has 3 nitrogen and oxygen atoms in total. The second kappa shape index (κ2) is 6.62. The molecular formula is C18H18N3S+. The van der Waals surface area contributed by atoms with Crippen LogP contribution in [0.2, 0.25) is 0 Å². The lowest BCUT2D eigenvalue weighted by Crippen LogP contribution is -2.44. The van der Waals surface area contributed by atoms with Crippen LogP contribution in [0.25, 0.3) is 11.3 Å². The molecule has 2 aromatic carbocycles. The Labute approximate surface area is 135 Å². The molecule has 0 aliphatic rings. The number of benzene rings is 2. The predicted molar refractivity (Wildman–Crippen MR) is 91.8 cm³/mol. The summed E-state index contributed by atoms with van der Waals surface area (Å²) in [4.78, 5) is 4.75. The number of hydrogen-bond donors (Lipinski definition) is 1. The Bertz CT molecular complexity index is 755. The first-order chi connectivity index (χ1) is 10.8. The number of thioether (sulfide) groups is 1. The van der Waals surface area contributed by atoms with Crippen LogP contribution < -0.4 is 10.1 Å². The molecule has 0 fully saturated rings. The van der Waals surface area contributed by atoms with E-state index in [0.717, 1.165) is 22.1 Å². The molecule has 0 aliphatic carbocycles. The molecule has 0 atom stereocenters. The minimum Gasteiger partial charge on any atom is -0.224 e. The summed E-state index contributed by atoms with van der Waals surface area (Å²) in [6.45, 7) is 2.09. The largest absolute Gasteiger partial charge is 0.383 e. The number of rotatable bonds is 4. The number of nitrogens with one attached hydrogen (secondary N) is 1. The molecule has 0 amide bonds. The van der Waals surface area contributed by atoms with Crippen LogP contribution in [-0.4, -0.2) is 11.2 Å². The molecule has 3 aromatic rings. The predicted octanol–water partition coefficient (Wildman–Crippen LogP) is 3.94. The van der Waals surface area contributed by atoms with Gasteiger partial charge in [-0.25, -0.2) is 5.43 Å². The second-order valence-electron chi connectivity index (χ2n) is 5.01. The summed E-state index contributed by atoms with van der Waals surface area (Å²) in [7, 11) is 0. The van der Waals surface area contributed by atoms with Crippen LogP contribution in [0, 0.1) is 6.92 Å². The smallest absolute Gasteiger partial charge is 0.224 e. The van der Waals surface area contributed by atoms with E-state index in [-0.39, 0.29) is 0 Å². The van der Waals surface area contributed by atoms with Gasteiger partial charge >= 0.3 is 5.16 Å². The molecule has 1 aromatic heterocycles. The van der Waals surface area contributed by atoms with Gasteiger partial charge < -0.3 is 0 Å². The zero-order valence-corrected chi connectivity index (χ0v) is 13.5. The van der Waals surface area contributed by atoms with Crippen molar-refractivity contribution >= 4 is 17.4 Å². The molecule has 0 radical (unpaired) electrons. The van der Waals surface area contributed by atoms with Crippen LogP contribution in [0.5, 0.6) is 0 Å². The summed E-state index contributed by atoms with van der Waals surface area (Å²) in [5.74, 6) is 0. The fourth-order valence-corrected chi connectivity index (χ4v) is 2.66. The Morgan fingerprint density at radius 1 is 0.955 bits per heavy atom.